The zero-order valence-electron chi connectivity index (χ0n) is 13.6. The number of carbonyl (C=O) groups excluding carboxylic acids is 2. The fourth-order valence-electron chi connectivity index (χ4n) is 2.25. The van der Waals surface area contributed by atoms with E-state index in [9.17, 15) is 18.4 Å². The van der Waals surface area contributed by atoms with Gasteiger partial charge in [-0.05, 0) is 18.6 Å². The molecular formula is C17H18F2N4O2. The van der Waals surface area contributed by atoms with E-state index in [4.69, 9.17) is 0 Å². The highest BCUT2D eigenvalue weighted by atomic mass is 19.1. The molecule has 2 aromatic heterocycles. The van der Waals surface area contributed by atoms with Gasteiger partial charge in [-0.1, -0.05) is 13.3 Å². The molecule has 2 rings (SSSR count). The van der Waals surface area contributed by atoms with Gasteiger partial charge in [-0.25, -0.2) is 9.97 Å². The van der Waals surface area contributed by atoms with Crippen LogP contribution in [-0.4, -0.2) is 34.4 Å². The lowest BCUT2D eigenvalue weighted by Crippen LogP contribution is -2.43. The van der Waals surface area contributed by atoms with Crippen molar-refractivity contribution in [3.63, 3.8) is 0 Å². The standard InChI is InChI=1S/C17H18F2N4O2/c1-2-3-13(23-17(25)12-5-7-21-15(19)9-12)10-22-16(24)11-4-6-20-14(18)8-11/h4-9,13H,2-3,10H2,1H3,(H,22,24)(H,23,25). The van der Waals surface area contributed by atoms with E-state index in [2.05, 4.69) is 20.6 Å². The Morgan fingerprint density at radius 2 is 1.60 bits per heavy atom. The van der Waals surface area contributed by atoms with Crippen molar-refractivity contribution in [3.8, 4) is 0 Å². The van der Waals surface area contributed by atoms with Crippen LogP contribution in [0.2, 0.25) is 0 Å². The largest absolute Gasteiger partial charge is 0.350 e. The normalized spacial score (nSPS) is 11.6. The molecule has 0 fully saturated rings. The molecule has 2 aromatic rings. The van der Waals surface area contributed by atoms with Crippen LogP contribution in [0.1, 0.15) is 40.5 Å². The van der Waals surface area contributed by atoms with E-state index in [0.717, 1.165) is 18.6 Å². The van der Waals surface area contributed by atoms with Crippen LogP contribution < -0.4 is 10.6 Å². The minimum absolute atomic E-state index is 0.144. The van der Waals surface area contributed by atoms with Crippen molar-refractivity contribution in [2.75, 3.05) is 6.54 Å². The third kappa shape index (κ3) is 5.59. The van der Waals surface area contributed by atoms with E-state index in [1.54, 1.807) is 0 Å². The van der Waals surface area contributed by atoms with E-state index in [-0.39, 0.29) is 23.7 Å². The lowest BCUT2D eigenvalue weighted by molar-refractivity contribution is 0.0906. The first-order valence-corrected chi connectivity index (χ1v) is 7.81. The molecule has 0 aliphatic heterocycles. The van der Waals surface area contributed by atoms with Crippen LogP contribution in [0.25, 0.3) is 0 Å². The minimum atomic E-state index is -0.745. The zero-order valence-corrected chi connectivity index (χ0v) is 13.6. The molecule has 132 valence electrons. The SMILES string of the molecule is CCCC(CNC(=O)c1ccnc(F)c1)NC(=O)c1ccnc(F)c1. The second-order valence-electron chi connectivity index (χ2n) is 5.40. The number of rotatable bonds is 7. The molecule has 25 heavy (non-hydrogen) atoms. The summed E-state index contributed by atoms with van der Waals surface area (Å²) in [6.07, 6.45) is 3.80. The minimum Gasteiger partial charge on any atom is -0.350 e. The molecule has 8 heteroatoms. The predicted octanol–water partition coefficient (Wildman–Crippen LogP) is 2.08. The van der Waals surface area contributed by atoms with E-state index < -0.39 is 23.7 Å². The van der Waals surface area contributed by atoms with Gasteiger partial charge in [0.15, 0.2) is 0 Å². The molecule has 0 spiro atoms. The van der Waals surface area contributed by atoms with Gasteiger partial charge in [0.05, 0.1) is 0 Å². The predicted molar refractivity (Wildman–Crippen MR) is 86.9 cm³/mol. The van der Waals surface area contributed by atoms with E-state index in [0.29, 0.717) is 6.42 Å². The maximum atomic E-state index is 13.1. The van der Waals surface area contributed by atoms with E-state index in [1.807, 2.05) is 6.92 Å². The average molecular weight is 348 g/mol. The second-order valence-corrected chi connectivity index (χ2v) is 5.40. The summed E-state index contributed by atoms with van der Waals surface area (Å²) >= 11 is 0. The van der Waals surface area contributed by atoms with Crippen LogP contribution in [0.3, 0.4) is 0 Å². The molecule has 0 saturated carbocycles. The Morgan fingerprint density at radius 3 is 2.12 bits per heavy atom. The highest BCUT2D eigenvalue weighted by Crippen LogP contribution is 2.04. The zero-order chi connectivity index (χ0) is 18.2. The van der Waals surface area contributed by atoms with Crippen molar-refractivity contribution >= 4 is 11.8 Å². The van der Waals surface area contributed by atoms with Crippen LogP contribution in [0, 0.1) is 11.9 Å². The van der Waals surface area contributed by atoms with E-state index >= 15 is 0 Å². The lowest BCUT2D eigenvalue weighted by atomic mass is 10.1. The summed E-state index contributed by atoms with van der Waals surface area (Å²) in [6, 6.07) is 4.52. The van der Waals surface area contributed by atoms with Crippen molar-refractivity contribution in [2.45, 2.75) is 25.8 Å². The molecule has 0 radical (unpaired) electrons. The summed E-state index contributed by atoms with van der Waals surface area (Å²) in [5.41, 5.74) is 0.293. The number of nitrogens with one attached hydrogen (secondary N) is 2. The van der Waals surface area contributed by atoms with Crippen molar-refractivity contribution in [1.29, 1.82) is 0 Å². The van der Waals surface area contributed by atoms with Gasteiger partial charge >= 0.3 is 0 Å². The topological polar surface area (TPSA) is 84.0 Å². The Morgan fingerprint density at radius 1 is 1.04 bits per heavy atom. The van der Waals surface area contributed by atoms with Crippen molar-refractivity contribution < 1.29 is 18.4 Å². The number of halogens is 2. The highest BCUT2D eigenvalue weighted by Gasteiger charge is 2.16. The molecule has 2 heterocycles. The number of hydrogen-bond donors (Lipinski definition) is 2. The molecule has 2 amide bonds. The number of amides is 2. The number of nitrogens with zero attached hydrogens (tertiary/aromatic N) is 2. The van der Waals surface area contributed by atoms with Crippen LogP contribution >= 0.6 is 0 Å². The number of carbonyl (C=O) groups is 2. The summed E-state index contributed by atoms with van der Waals surface area (Å²) in [4.78, 5) is 31.0. The summed E-state index contributed by atoms with van der Waals surface area (Å²) in [6.45, 7) is 2.10. The van der Waals surface area contributed by atoms with Gasteiger partial charge in [0.1, 0.15) is 0 Å². The summed E-state index contributed by atoms with van der Waals surface area (Å²) in [5, 5.41) is 5.39. The van der Waals surface area contributed by atoms with Gasteiger partial charge in [-0.2, -0.15) is 8.78 Å². The molecule has 6 nitrogen and oxygen atoms in total. The van der Waals surface area contributed by atoms with Crippen LogP contribution in [0.4, 0.5) is 8.78 Å². The molecule has 0 aliphatic carbocycles. The first-order valence-electron chi connectivity index (χ1n) is 7.81. The molecule has 2 N–H and O–H groups in total. The number of hydrogen-bond acceptors (Lipinski definition) is 4. The average Bonchev–Trinajstić information content (AvgIpc) is 2.59. The van der Waals surface area contributed by atoms with Gasteiger partial charge in [0, 0.05) is 48.2 Å². The Balaban J connectivity index is 1.96. The van der Waals surface area contributed by atoms with Crippen LogP contribution in [0.5, 0.6) is 0 Å². The maximum Gasteiger partial charge on any atom is 0.251 e. The van der Waals surface area contributed by atoms with Crippen LogP contribution in [0.15, 0.2) is 36.7 Å². The summed E-state index contributed by atoms with van der Waals surface area (Å²) in [7, 11) is 0. The second kappa shape index (κ2) is 8.81. The number of pyridine rings is 2. The van der Waals surface area contributed by atoms with E-state index in [1.165, 1.54) is 24.5 Å². The fraction of sp³-hybridized carbons (Fsp3) is 0.294. The quantitative estimate of drug-likeness (QED) is 0.751. The first-order chi connectivity index (χ1) is 12.0. The van der Waals surface area contributed by atoms with Gasteiger partial charge < -0.3 is 10.6 Å². The van der Waals surface area contributed by atoms with Gasteiger partial charge in [0.25, 0.3) is 11.8 Å². The summed E-state index contributed by atoms with van der Waals surface area (Å²) < 4.78 is 26.2. The monoisotopic (exact) mass is 348 g/mol. The summed E-state index contributed by atoms with van der Waals surface area (Å²) in [5.74, 6) is -2.41. The van der Waals surface area contributed by atoms with Crippen molar-refractivity contribution in [3.05, 3.63) is 59.7 Å². The van der Waals surface area contributed by atoms with Crippen LogP contribution in [-0.2, 0) is 0 Å². The fourth-order valence-corrected chi connectivity index (χ4v) is 2.25. The molecule has 0 saturated heterocycles. The van der Waals surface area contributed by atoms with Gasteiger partial charge in [-0.15, -0.1) is 0 Å². The molecule has 1 unspecified atom stereocenters. The molecular weight excluding hydrogens is 330 g/mol. The Kier molecular flexibility index (Phi) is 6.50. The highest BCUT2D eigenvalue weighted by molar-refractivity contribution is 5.95. The Hall–Kier alpha value is -2.90. The molecule has 0 aromatic carbocycles. The van der Waals surface area contributed by atoms with Crippen molar-refractivity contribution in [2.24, 2.45) is 0 Å². The smallest absolute Gasteiger partial charge is 0.251 e. The molecule has 0 bridgehead atoms. The van der Waals surface area contributed by atoms with Gasteiger partial charge in [0.2, 0.25) is 11.9 Å². The van der Waals surface area contributed by atoms with Crippen molar-refractivity contribution in [1.82, 2.24) is 20.6 Å². The maximum absolute atomic E-state index is 13.1. The molecule has 1 atom stereocenters. The van der Waals surface area contributed by atoms with Gasteiger partial charge in [-0.3, -0.25) is 9.59 Å². The third-order valence-corrected chi connectivity index (χ3v) is 3.46. The lowest BCUT2D eigenvalue weighted by Gasteiger charge is -2.19. The third-order valence-electron chi connectivity index (χ3n) is 3.46. The number of aromatic nitrogens is 2. The Bertz CT molecular complexity index is 755. The molecule has 0 aliphatic rings. The first kappa shape index (κ1) is 18.4. The Labute approximate surface area is 143 Å².